The number of nitrogens with zero attached hydrogens (tertiary/aromatic N) is 3. The molecule has 0 spiro atoms. The summed E-state index contributed by atoms with van der Waals surface area (Å²) in [7, 11) is 1.84. The predicted octanol–water partition coefficient (Wildman–Crippen LogP) is 1.16. The summed E-state index contributed by atoms with van der Waals surface area (Å²) in [6.07, 6.45) is 7.17. The van der Waals surface area contributed by atoms with Crippen LogP contribution in [-0.4, -0.2) is 86.5 Å². The summed E-state index contributed by atoms with van der Waals surface area (Å²) in [5.74, 6) is 2.12. The number of hydrogen-bond acceptors (Lipinski definition) is 4. The number of nitrogens with one attached hydrogen (secondary N) is 1. The van der Waals surface area contributed by atoms with Gasteiger partial charge in [-0.1, -0.05) is 19.3 Å². The zero-order valence-electron chi connectivity index (χ0n) is 15.8. The van der Waals surface area contributed by atoms with Crippen LogP contribution in [0, 0.1) is 11.8 Å². The van der Waals surface area contributed by atoms with Gasteiger partial charge in [0.1, 0.15) is 0 Å². The Labute approximate surface area is 152 Å². The van der Waals surface area contributed by atoms with Gasteiger partial charge in [0.25, 0.3) is 0 Å². The molecule has 2 saturated heterocycles. The molecule has 144 valence electrons. The zero-order chi connectivity index (χ0) is 17.5. The van der Waals surface area contributed by atoms with E-state index in [0.717, 1.165) is 51.3 Å². The van der Waals surface area contributed by atoms with Gasteiger partial charge in [0.2, 0.25) is 0 Å². The first-order valence-corrected chi connectivity index (χ1v) is 10.2. The lowest BCUT2D eigenvalue weighted by Gasteiger charge is -2.37. The van der Waals surface area contributed by atoms with Crippen molar-refractivity contribution in [2.75, 3.05) is 59.5 Å². The molecular weight excluding hydrogens is 316 g/mol. The van der Waals surface area contributed by atoms with Crippen molar-refractivity contribution in [3.8, 4) is 0 Å². The Balaban J connectivity index is 1.38. The molecule has 0 bridgehead atoms. The first-order valence-electron chi connectivity index (χ1n) is 10.2. The molecule has 6 nitrogen and oxygen atoms in total. The average molecular weight is 353 g/mol. The van der Waals surface area contributed by atoms with Crippen molar-refractivity contribution >= 4 is 5.96 Å². The minimum absolute atomic E-state index is 0.249. The summed E-state index contributed by atoms with van der Waals surface area (Å²) in [5, 5.41) is 13.9. The molecule has 2 aliphatic heterocycles. The Bertz CT molecular complexity index is 412. The van der Waals surface area contributed by atoms with Crippen LogP contribution in [0.1, 0.15) is 38.5 Å². The van der Waals surface area contributed by atoms with E-state index in [4.69, 9.17) is 4.74 Å². The van der Waals surface area contributed by atoms with Gasteiger partial charge in [-0.3, -0.25) is 9.89 Å². The van der Waals surface area contributed by atoms with Gasteiger partial charge in [-0.25, -0.2) is 0 Å². The third-order valence-electron chi connectivity index (χ3n) is 6.09. The summed E-state index contributed by atoms with van der Waals surface area (Å²) < 4.78 is 5.49. The highest BCUT2D eigenvalue weighted by Crippen LogP contribution is 2.26. The molecule has 0 aromatic heterocycles. The maximum atomic E-state index is 10.5. The lowest BCUT2D eigenvalue weighted by atomic mass is 9.85. The second-order valence-corrected chi connectivity index (χ2v) is 7.91. The number of aliphatic hydroxyl groups excluding tert-OH is 1. The number of ether oxygens (including phenoxy) is 1. The van der Waals surface area contributed by atoms with Gasteiger partial charge < -0.3 is 20.1 Å². The van der Waals surface area contributed by atoms with Gasteiger partial charge in [0.15, 0.2) is 5.96 Å². The molecule has 0 aromatic carbocycles. The summed E-state index contributed by atoms with van der Waals surface area (Å²) in [5.41, 5.74) is 0. The van der Waals surface area contributed by atoms with Crippen molar-refractivity contribution in [1.29, 1.82) is 0 Å². The molecule has 2 unspecified atom stereocenters. The number of rotatable bonds is 5. The molecule has 0 amide bonds. The molecule has 25 heavy (non-hydrogen) atoms. The lowest BCUT2D eigenvalue weighted by molar-refractivity contribution is 0.0865. The quantitative estimate of drug-likeness (QED) is 0.574. The molecular formula is C19H36N4O2. The topological polar surface area (TPSA) is 60.3 Å². The number of piperazine rings is 1. The van der Waals surface area contributed by atoms with E-state index in [1.165, 1.54) is 45.1 Å². The van der Waals surface area contributed by atoms with E-state index in [0.29, 0.717) is 12.5 Å². The monoisotopic (exact) mass is 352 g/mol. The van der Waals surface area contributed by atoms with Crippen LogP contribution in [0.4, 0.5) is 0 Å². The maximum Gasteiger partial charge on any atom is 0.193 e. The van der Waals surface area contributed by atoms with Crippen LogP contribution in [0.2, 0.25) is 0 Å². The molecule has 2 N–H and O–H groups in total. The van der Waals surface area contributed by atoms with Gasteiger partial charge in [0.05, 0.1) is 12.7 Å². The fourth-order valence-electron chi connectivity index (χ4n) is 4.45. The molecule has 3 fully saturated rings. The molecule has 2 atom stereocenters. The molecule has 0 aromatic rings. The lowest BCUT2D eigenvalue weighted by Crippen LogP contribution is -2.54. The standard InChI is InChI=1S/C19H36N4O2/c1-20-19(21-13-18(24)17-5-3-2-4-6-17)23-10-8-22(9-11-23)14-16-7-12-25-15-16/h16-18,24H,2-15H2,1H3,(H,20,21). The van der Waals surface area contributed by atoms with Crippen molar-refractivity contribution in [2.45, 2.75) is 44.6 Å². The highest BCUT2D eigenvalue weighted by molar-refractivity contribution is 5.80. The molecule has 2 heterocycles. The van der Waals surface area contributed by atoms with Gasteiger partial charge >= 0.3 is 0 Å². The third-order valence-corrected chi connectivity index (χ3v) is 6.09. The van der Waals surface area contributed by atoms with Gasteiger partial charge in [0, 0.05) is 52.9 Å². The molecule has 6 heteroatoms. The Hall–Kier alpha value is -0.850. The predicted molar refractivity (Wildman–Crippen MR) is 101 cm³/mol. The first-order chi connectivity index (χ1) is 12.3. The van der Waals surface area contributed by atoms with Crippen LogP contribution >= 0.6 is 0 Å². The van der Waals surface area contributed by atoms with Crippen molar-refractivity contribution < 1.29 is 9.84 Å². The third kappa shape index (κ3) is 5.56. The Morgan fingerprint density at radius 3 is 2.56 bits per heavy atom. The largest absolute Gasteiger partial charge is 0.391 e. The first kappa shape index (κ1) is 18.9. The Morgan fingerprint density at radius 1 is 1.16 bits per heavy atom. The Kier molecular flexibility index (Phi) is 7.37. The number of hydrogen-bond donors (Lipinski definition) is 2. The van der Waals surface area contributed by atoms with Crippen molar-refractivity contribution in [1.82, 2.24) is 15.1 Å². The van der Waals surface area contributed by atoms with E-state index in [1.807, 2.05) is 7.05 Å². The molecule has 0 radical (unpaired) electrons. The smallest absolute Gasteiger partial charge is 0.193 e. The summed E-state index contributed by atoms with van der Waals surface area (Å²) in [6.45, 7) is 7.84. The molecule has 3 rings (SSSR count). The highest BCUT2D eigenvalue weighted by Gasteiger charge is 2.25. The SMILES string of the molecule is CN=C(NCC(O)C1CCCCC1)N1CCN(CC2CCOC2)CC1. The molecule has 3 aliphatic rings. The maximum absolute atomic E-state index is 10.5. The number of aliphatic imine (C=N–C) groups is 1. The fourth-order valence-corrected chi connectivity index (χ4v) is 4.45. The molecule has 1 aliphatic carbocycles. The second-order valence-electron chi connectivity index (χ2n) is 7.91. The van der Waals surface area contributed by atoms with E-state index in [1.54, 1.807) is 0 Å². The van der Waals surface area contributed by atoms with E-state index >= 15 is 0 Å². The molecule has 1 saturated carbocycles. The fraction of sp³-hybridized carbons (Fsp3) is 0.947. The second kappa shape index (κ2) is 9.74. The highest BCUT2D eigenvalue weighted by atomic mass is 16.5. The van der Waals surface area contributed by atoms with Crippen LogP contribution in [-0.2, 0) is 4.74 Å². The summed E-state index contributed by atoms with van der Waals surface area (Å²) in [6, 6.07) is 0. The minimum Gasteiger partial charge on any atom is -0.391 e. The number of guanidine groups is 1. The van der Waals surface area contributed by atoms with E-state index in [2.05, 4.69) is 20.1 Å². The minimum atomic E-state index is -0.249. The van der Waals surface area contributed by atoms with Gasteiger partial charge in [-0.15, -0.1) is 0 Å². The van der Waals surface area contributed by atoms with Crippen molar-refractivity contribution in [3.63, 3.8) is 0 Å². The zero-order valence-corrected chi connectivity index (χ0v) is 15.8. The van der Waals surface area contributed by atoms with Crippen molar-refractivity contribution in [2.24, 2.45) is 16.8 Å². The summed E-state index contributed by atoms with van der Waals surface area (Å²) >= 11 is 0. The van der Waals surface area contributed by atoms with Gasteiger partial charge in [-0.05, 0) is 31.1 Å². The van der Waals surface area contributed by atoms with Crippen LogP contribution < -0.4 is 5.32 Å². The summed E-state index contributed by atoms with van der Waals surface area (Å²) in [4.78, 5) is 9.32. The van der Waals surface area contributed by atoms with Crippen LogP contribution in [0.3, 0.4) is 0 Å². The van der Waals surface area contributed by atoms with E-state index in [-0.39, 0.29) is 6.10 Å². The van der Waals surface area contributed by atoms with Crippen molar-refractivity contribution in [3.05, 3.63) is 0 Å². The number of aliphatic hydroxyl groups is 1. The van der Waals surface area contributed by atoms with E-state index in [9.17, 15) is 5.11 Å². The Morgan fingerprint density at radius 2 is 1.92 bits per heavy atom. The van der Waals surface area contributed by atoms with E-state index < -0.39 is 0 Å². The van der Waals surface area contributed by atoms with Crippen LogP contribution in [0.25, 0.3) is 0 Å². The van der Waals surface area contributed by atoms with Crippen LogP contribution in [0.15, 0.2) is 4.99 Å². The normalized spacial score (nSPS) is 28.3. The van der Waals surface area contributed by atoms with Gasteiger partial charge in [-0.2, -0.15) is 0 Å². The van der Waals surface area contributed by atoms with Crippen LogP contribution in [0.5, 0.6) is 0 Å². The average Bonchev–Trinajstić information content (AvgIpc) is 3.17.